The van der Waals surface area contributed by atoms with Gasteiger partial charge in [0, 0.05) is 7.05 Å². The van der Waals surface area contributed by atoms with Crippen molar-refractivity contribution in [2.75, 3.05) is 7.05 Å². The molecule has 0 aliphatic rings. The van der Waals surface area contributed by atoms with Crippen molar-refractivity contribution in [3.63, 3.8) is 0 Å². The van der Waals surface area contributed by atoms with E-state index in [1.807, 2.05) is 0 Å². The SMILES string of the molecule is CN/N=C\C(=N)C(=O)O. The van der Waals surface area contributed by atoms with Gasteiger partial charge in [-0.25, -0.2) is 4.79 Å². The first-order valence-corrected chi connectivity index (χ1v) is 2.20. The Labute approximate surface area is 51.9 Å². The normalized spacial score (nSPS) is 9.44. The van der Waals surface area contributed by atoms with Crippen LogP contribution in [0, 0.1) is 5.41 Å². The number of carbonyl (C=O) groups is 1. The maximum absolute atomic E-state index is 9.86. The summed E-state index contributed by atoms with van der Waals surface area (Å²) in [5, 5.41) is 18.0. The molecule has 0 amide bonds. The van der Waals surface area contributed by atoms with E-state index in [2.05, 4.69) is 10.5 Å². The van der Waals surface area contributed by atoms with Gasteiger partial charge in [0.05, 0.1) is 6.21 Å². The molecule has 0 bridgehead atoms. The molecule has 0 aliphatic heterocycles. The van der Waals surface area contributed by atoms with Gasteiger partial charge in [-0.05, 0) is 0 Å². The molecule has 0 spiro atoms. The summed E-state index contributed by atoms with van der Waals surface area (Å²) in [4.78, 5) is 9.86. The summed E-state index contributed by atoms with van der Waals surface area (Å²) < 4.78 is 0. The number of hydrogen-bond acceptors (Lipinski definition) is 4. The van der Waals surface area contributed by atoms with E-state index in [-0.39, 0.29) is 0 Å². The molecule has 0 saturated heterocycles. The van der Waals surface area contributed by atoms with Crippen LogP contribution in [0.15, 0.2) is 5.10 Å². The van der Waals surface area contributed by atoms with Crippen LogP contribution in [-0.2, 0) is 4.79 Å². The topological polar surface area (TPSA) is 85.5 Å². The molecule has 5 nitrogen and oxygen atoms in total. The zero-order chi connectivity index (χ0) is 7.28. The summed E-state index contributed by atoms with van der Waals surface area (Å²) in [6.45, 7) is 0. The maximum atomic E-state index is 9.86. The van der Waals surface area contributed by atoms with Crippen molar-refractivity contribution in [2.24, 2.45) is 5.10 Å². The van der Waals surface area contributed by atoms with Crippen LogP contribution in [0.25, 0.3) is 0 Å². The molecule has 9 heavy (non-hydrogen) atoms. The second kappa shape index (κ2) is 3.59. The van der Waals surface area contributed by atoms with Crippen LogP contribution in [0.4, 0.5) is 0 Å². The highest BCUT2D eigenvalue weighted by Crippen LogP contribution is 1.65. The Morgan fingerprint density at radius 3 is 2.78 bits per heavy atom. The van der Waals surface area contributed by atoms with Crippen LogP contribution in [0.3, 0.4) is 0 Å². The second-order valence-electron chi connectivity index (χ2n) is 1.20. The number of nitrogens with zero attached hydrogens (tertiary/aromatic N) is 1. The van der Waals surface area contributed by atoms with E-state index in [1.54, 1.807) is 0 Å². The molecule has 0 saturated carbocycles. The van der Waals surface area contributed by atoms with Crippen molar-refractivity contribution in [2.45, 2.75) is 0 Å². The van der Waals surface area contributed by atoms with Gasteiger partial charge in [0.1, 0.15) is 0 Å². The third-order valence-corrected chi connectivity index (χ3v) is 0.553. The van der Waals surface area contributed by atoms with Gasteiger partial charge in [0.2, 0.25) is 0 Å². The first-order valence-electron chi connectivity index (χ1n) is 2.20. The third-order valence-electron chi connectivity index (χ3n) is 0.553. The van der Waals surface area contributed by atoms with E-state index in [4.69, 9.17) is 10.5 Å². The first kappa shape index (κ1) is 7.61. The van der Waals surface area contributed by atoms with Crippen LogP contribution in [-0.4, -0.2) is 30.0 Å². The molecule has 0 heterocycles. The van der Waals surface area contributed by atoms with Crippen LogP contribution >= 0.6 is 0 Å². The molecule has 0 aromatic carbocycles. The molecule has 0 aromatic rings. The molecule has 0 fully saturated rings. The fraction of sp³-hybridized carbons (Fsp3) is 0.250. The summed E-state index contributed by atoms with van der Waals surface area (Å²) in [7, 11) is 1.52. The van der Waals surface area contributed by atoms with Crippen LogP contribution < -0.4 is 5.43 Å². The standard InChI is InChI=1S/C4H7N3O2/c1-6-7-2-3(5)4(8)9/h2,5-6H,1H3,(H,8,9)/b5-3?,7-2-. The molecule has 0 aliphatic carbocycles. The Morgan fingerprint density at radius 2 is 2.44 bits per heavy atom. The Hall–Kier alpha value is -1.39. The Kier molecular flexibility index (Phi) is 3.04. The van der Waals surface area contributed by atoms with E-state index in [1.165, 1.54) is 7.05 Å². The zero-order valence-electron chi connectivity index (χ0n) is 4.88. The number of nitrogens with one attached hydrogen (secondary N) is 2. The van der Waals surface area contributed by atoms with E-state index in [9.17, 15) is 4.79 Å². The van der Waals surface area contributed by atoms with Crippen molar-refractivity contribution in [3.05, 3.63) is 0 Å². The lowest BCUT2D eigenvalue weighted by molar-refractivity contribution is -0.129. The van der Waals surface area contributed by atoms with Crippen molar-refractivity contribution >= 4 is 17.9 Å². The third kappa shape index (κ3) is 3.22. The zero-order valence-corrected chi connectivity index (χ0v) is 4.88. The lowest BCUT2D eigenvalue weighted by atomic mass is 10.4. The molecule has 0 atom stereocenters. The summed E-state index contributed by atoms with van der Waals surface area (Å²) in [5.41, 5.74) is 1.78. The highest BCUT2D eigenvalue weighted by atomic mass is 16.4. The molecule has 5 heteroatoms. The van der Waals surface area contributed by atoms with Gasteiger partial charge in [-0.3, -0.25) is 5.41 Å². The predicted octanol–water partition coefficient (Wildman–Crippen LogP) is -0.704. The van der Waals surface area contributed by atoms with Gasteiger partial charge in [-0.1, -0.05) is 0 Å². The Balaban J connectivity index is 3.77. The second-order valence-corrected chi connectivity index (χ2v) is 1.20. The molecular weight excluding hydrogens is 122 g/mol. The van der Waals surface area contributed by atoms with Gasteiger partial charge in [0.25, 0.3) is 0 Å². The van der Waals surface area contributed by atoms with E-state index < -0.39 is 11.7 Å². The Morgan fingerprint density at radius 1 is 1.89 bits per heavy atom. The van der Waals surface area contributed by atoms with Crippen LogP contribution in [0.1, 0.15) is 0 Å². The predicted molar refractivity (Wildman–Crippen MR) is 32.9 cm³/mol. The van der Waals surface area contributed by atoms with Crippen molar-refractivity contribution < 1.29 is 9.90 Å². The summed E-state index contributed by atoms with van der Waals surface area (Å²) in [5.74, 6) is -1.28. The molecule has 50 valence electrons. The average Bonchev–Trinajstić information content (AvgIpc) is 1.82. The molecular formula is C4H7N3O2. The highest BCUT2D eigenvalue weighted by molar-refractivity contribution is 6.57. The van der Waals surface area contributed by atoms with E-state index in [0.29, 0.717) is 0 Å². The molecule has 0 rings (SSSR count). The summed E-state index contributed by atoms with van der Waals surface area (Å²) >= 11 is 0. The minimum atomic E-state index is -1.28. The number of carboxylic acids is 1. The van der Waals surface area contributed by atoms with Gasteiger partial charge >= 0.3 is 5.97 Å². The number of hydrogen-bond donors (Lipinski definition) is 3. The number of aliphatic carboxylic acids is 1. The first-order chi connectivity index (χ1) is 4.18. The molecule has 3 N–H and O–H groups in total. The summed E-state index contributed by atoms with van der Waals surface area (Å²) in [6.07, 6.45) is 0.919. The average molecular weight is 129 g/mol. The molecule has 0 aromatic heterocycles. The Bertz CT molecular complexity index is 152. The van der Waals surface area contributed by atoms with E-state index >= 15 is 0 Å². The lowest BCUT2D eigenvalue weighted by Crippen LogP contribution is -2.13. The number of hydrazone groups is 1. The highest BCUT2D eigenvalue weighted by Gasteiger charge is 2.00. The van der Waals surface area contributed by atoms with Gasteiger partial charge < -0.3 is 10.5 Å². The number of carboxylic acid groups (broad SMARTS) is 1. The summed E-state index contributed by atoms with van der Waals surface area (Å²) in [6, 6.07) is 0. The fourth-order valence-corrected chi connectivity index (χ4v) is 0.184. The van der Waals surface area contributed by atoms with Gasteiger partial charge in [-0.15, -0.1) is 0 Å². The minimum absolute atomic E-state index is 0.538. The van der Waals surface area contributed by atoms with Crippen LogP contribution in [0.2, 0.25) is 0 Å². The lowest BCUT2D eigenvalue weighted by Gasteiger charge is -1.85. The van der Waals surface area contributed by atoms with Crippen LogP contribution in [0.5, 0.6) is 0 Å². The minimum Gasteiger partial charge on any atom is -0.476 e. The molecule has 0 unspecified atom stereocenters. The van der Waals surface area contributed by atoms with Crippen molar-refractivity contribution in [1.82, 2.24) is 5.43 Å². The number of rotatable bonds is 3. The van der Waals surface area contributed by atoms with Crippen molar-refractivity contribution in [3.8, 4) is 0 Å². The molecule has 0 radical (unpaired) electrons. The maximum Gasteiger partial charge on any atom is 0.355 e. The smallest absolute Gasteiger partial charge is 0.355 e. The largest absolute Gasteiger partial charge is 0.476 e. The monoisotopic (exact) mass is 129 g/mol. The van der Waals surface area contributed by atoms with E-state index in [0.717, 1.165) is 6.21 Å². The fourth-order valence-electron chi connectivity index (χ4n) is 0.184. The quantitative estimate of drug-likeness (QED) is 0.347. The van der Waals surface area contributed by atoms with Gasteiger partial charge in [0.15, 0.2) is 5.71 Å². The van der Waals surface area contributed by atoms with Gasteiger partial charge in [-0.2, -0.15) is 5.10 Å². The van der Waals surface area contributed by atoms with Crippen molar-refractivity contribution in [1.29, 1.82) is 5.41 Å².